The van der Waals surface area contributed by atoms with Crippen LogP contribution in [0.5, 0.6) is 0 Å². The summed E-state index contributed by atoms with van der Waals surface area (Å²) in [4.78, 5) is 4.12. The molecular weight excluding hydrogens is 176 g/mol. The molecule has 2 N–H and O–H groups in total. The van der Waals surface area contributed by atoms with Crippen molar-refractivity contribution in [3.63, 3.8) is 0 Å². The number of hydrogen-bond acceptors (Lipinski definition) is 3. The molecule has 1 aliphatic rings. The normalized spacial score (nSPS) is 18.6. The fourth-order valence-corrected chi connectivity index (χ4v) is 2.02. The lowest BCUT2D eigenvalue weighted by Gasteiger charge is -2.08. The molecule has 1 fully saturated rings. The van der Waals surface area contributed by atoms with E-state index in [-0.39, 0.29) is 5.41 Å². The van der Waals surface area contributed by atoms with Crippen molar-refractivity contribution in [2.24, 2.45) is 5.73 Å². The third-order valence-corrected chi connectivity index (χ3v) is 3.19. The van der Waals surface area contributed by atoms with Gasteiger partial charge in [-0.05, 0) is 18.9 Å². The Bertz CT molecular complexity index is 471. The standard InChI is InChI=1S/C11H12N2O/c12-7-11(2-3-11)9-6-14-10-1-4-13-5-8(9)10/h1,4-6H,2-3,7,12H2. The van der Waals surface area contributed by atoms with Crippen LogP contribution in [0.3, 0.4) is 0 Å². The van der Waals surface area contributed by atoms with Gasteiger partial charge in [-0.1, -0.05) is 0 Å². The number of nitrogens with zero attached hydrogens (tertiary/aromatic N) is 1. The molecule has 72 valence electrons. The van der Waals surface area contributed by atoms with Gasteiger partial charge in [0.1, 0.15) is 5.58 Å². The summed E-state index contributed by atoms with van der Waals surface area (Å²) in [5, 5.41) is 1.12. The number of fused-ring (bicyclic) bond motifs is 1. The van der Waals surface area contributed by atoms with Crippen molar-refractivity contribution in [3.8, 4) is 0 Å². The monoisotopic (exact) mass is 188 g/mol. The van der Waals surface area contributed by atoms with Gasteiger partial charge < -0.3 is 10.2 Å². The average Bonchev–Trinajstić information content (AvgIpc) is 2.91. The van der Waals surface area contributed by atoms with Crippen LogP contribution in [0.25, 0.3) is 11.0 Å². The lowest BCUT2D eigenvalue weighted by Crippen LogP contribution is -2.19. The molecule has 0 amide bonds. The van der Waals surface area contributed by atoms with E-state index in [9.17, 15) is 0 Å². The molecule has 0 aromatic carbocycles. The highest BCUT2D eigenvalue weighted by molar-refractivity contribution is 5.81. The van der Waals surface area contributed by atoms with Crippen LogP contribution in [0.4, 0.5) is 0 Å². The second-order valence-corrected chi connectivity index (χ2v) is 4.01. The summed E-state index contributed by atoms with van der Waals surface area (Å²) in [6.45, 7) is 0.705. The Labute approximate surface area is 81.9 Å². The van der Waals surface area contributed by atoms with E-state index in [1.165, 1.54) is 18.4 Å². The molecule has 0 radical (unpaired) electrons. The van der Waals surface area contributed by atoms with Gasteiger partial charge in [0.15, 0.2) is 0 Å². The van der Waals surface area contributed by atoms with Crippen LogP contribution < -0.4 is 5.73 Å². The van der Waals surface area contributed by atoms with E-state index >= 15 is 0 Å². The highest BCUT2D eigenvalue weighted by atomic mass is 16.3. The van der Waals surface area contributed by atoms with E-state index in [1.807, 2.05) is 18.5 Å². The zero-order chi connectivity index (χ0) is 9.60. The Morgan fingerprint density at radius 1 is 1.50 bits per heavy atom. The fraction of sp³-hybridized carbons (Fsp3) is 0.364. The predicted octanol–water partition coefficient (Wildman–Crippen LogP) is 1.82. The summed E-state index contributed by atoms with van der Waals surface area (Å²) in [5.74, 6) is 0. The molecule has 0 bridgehead atoms. The molecule has 3 rings (SSSR count). The van der Waals surface area contributed by atoms with E-state index in [1.54, 1.807) is 6.20 Å². The first-order valence-electron chi connectivity index (χ1n) is 4.87. The second-order valence-electron chi connectivity index (χ2n) is 4.01. The summed E-state index contributed by atoms with van der Waals surface area (Å²) < 4.78 is 5.48. The first-order valence-corrected chi connectivity index (χ1v) is 4.87. The minimum absolute atomic E-state index is 0.189. The molecule has 1 saturated carbocycles. The minimum atomic E-state index is 0.189. The lowest BCUT2D eigenvalue weighted by molar-refractivity contribution is 0.595. The highest BCUT2D eigenvalue weighted by Gasteiger charge is 2.44. The van der Waals surface area contributed by atoms with Crippen LogP contribution >= 0.6 is 0 Å². The van der Waals surface area contributed by atoms with Crippen molar-refractivity contribution in [1.82, 2.24) is 4.98 Å². The van der Waals surface area contributed by atoms with Gasteiger partial charge >= 0.3 is 0 Å². The van der Waals surface area contributed by atoms with Crippen LogP contribution in [0.2, 0.25) is 0 Å². The van der Waals surface area contributed by atoms with Crippen LogP contribution in [0.15, 0.2) is 29.1 Å². The van der Waals surface area contributed by atoms with Gasteiger partial charge in [0.25, 0.3) is 0 Å². The molecule has 2 aromatic rings. The SMILES string of the molecule is NCC1(c2coc3ccncc23)CC1. The molecule has 1 aliphatic carbocycles. The van der Waals surface area contributed by atoms with Gasteiger partial charge in [0.05, 0.1) is 6.26 Å². The molecule has 0 atom stereocenters. The van der Waals surface area contributed by atoms with Gasteiger partial charge in [0.2, 0.25) is 0 Å². The van der Waals surface area contributed by atoms with Crippen molar-refractivity contribution in [2.75, 3.05) is 6.54 Å². The Kier molecular flexibility index (Phi) is 1.47. The predicted molar refractivity (Wildman–Crippen MR) is 54.0 cm³/mol. The topological polar surface area (TPSA) is 52.0 Å². The first kappa shape index (κ1) is 8.00. The molecule has 0 aliphatic heterocycles. The number of rotatable bonds is 2. The number of furan rings is 1. The summed E-state index contributed by atoms with van der Waals surface area (Å²) in [7, 11) is 0. The van der Waals surface area contributed by atoms with E-state index in [4.69, 9.17) is 10.2 Å². The van der Waals surface area contributed by atoms with Gasteiger partial charge in [-0.3, -0.25) is 4.98 Å². The van der Waals surface area contributed by atoms with E-state index in [0.717, 1.165) is 11.0 Å². The van der Waals surface area contributed by atoms with Crippen LogP contribution in [-0.2, 0) is 5.41 Å². The molecule has 0 saturated heterocycles. The van der Waals surface area contributed by atoms with Gasteiger partial charge in [-0.15, -0.1) is 0 Å². The molecule has 2 aromatic heterocycles. The Balaban J connectivity index is 2.22. The van der Waals surface area contributed by atoms with Crippen LogP contribution in [-0.4, -0.2) is 11.5 Å². The van der Waals surface area contributed by atoms with Crippen molar-refractivity contribution in [2.45, 2.75) is 18.3 Å². The lowest BCUT2D eigenvalue weighted by atomic mass is 9.96. The van der Waals surface area contributed by atoms with Gasteiger partial charge in [0, 0.05) is 35.3 Å². The van der Waals surface area contributed by atoms with E-state index < -0.39 is 0 Å². The number of hydrogen-bond donors (Lipinski definition) is 1. The minimum Gasteiger partial charge on any atom is -0.464 e. The molecule has 3 nitrogen and oxygen atoms in total. The maximum Gasteiger partial charge on any atom is 0.137 e. The van der Waals surface area contributed by atoms with E-state index in [0.29, 0.717) is 6.54 Å². The number of aromatic nitrogens is 1. The zero-order valence-electron chi connectivity index (χ0n) is 7.86. The largest absolute Gasteiger partial charge is 0.464 e. The molecule has 2 heterocycles. The first-order chi connectivity index (χ1) is 6.86. The third-order valence-electron chi connectivity index (χ3n) is 3.19. The number of nitrogens with two attached hydrogens (primary N) is 1. The summed E-state index contributed by atoms with van der Waals surface area (Å²) in [5.41, 5.74) is 8.13. The molecule has 14 heavy (non-hydrogen) atoms. The van der Waals surface area contributed by atoms with Crippen LogP contribution in [0.1, 0.15) is 18.4 Å². The molecule has 0 unspecified atom stereocenters. The zero-order valence-corrected chi connectivity index (χ0v) is 7.86. The maximum atomic E-state index is 5.79. The van der Waals surface area contributed by atoms with Gasteiger partial charge in [-0.25, -0.2) is 0 Å². The summed E-state index contributed by atoms with van der Waals surface area (Å²) in [6, 6.07) is 1.89. The van der Waals surface area contributed by atoms with Crippen LogP contribution in [0, 0.1) is 0 Å². The Hall–Kier alpha value is -1.35. The number of pyridine rings is 1. The Morgan fingerprint density at radius 3 is 3.07 bits per heavy atom. The highest BCUT2D eigenvalue weighted by Crippen LogP contribution is 2.49. The van der Waals surface area contributed by atoms with Gasteiger partial charge in [-0.2, -0.15) is 0 Å². The smallest absolute Gasteiger partial charge is 0.137 e. The second kappa shape index (κ2) is 2.58. The molecular formula is C11H12N2O. The third kappa shape index (κ3) is 0.930. The summed E-state index contributed by atoms with van der Waals surface area (Å²) in [6.07, 6.45) is 7.80. The maximum absolute atomic E-state index is 5.79. The molecule has 0 spiro atoms. The van der Waals surface area contributed by atoms with Crippen molar-refractivity contribution < 1.29 is 4.42 Å². The fourth-order valence-electron chi connectivity index (χ4n) is 2.02. The van der Waals surface area contributed by atoms with E-state index in [2.05, 4.69) is 4.98 Å². The van der Waals surface area contributed by atoms with Crippen molar-refractivity contribution >= 4 is 11.0 Å². The summed E-state index contributed by atoms with van der Waals surface area (Å²) >= 11 is 0. The Morgan fingerprint density at radius 2 is 2.36 bits per heavy atom. The molecule has 3 heteroatoms. The average molecular weight is 188 g/mol. The van der Waals surface area contributed by atoms with Crippen molar-refractivity contribution in [1.29, 1.82) is 0 Å². The quantitative estimate of drug-likeness (QED) is 0.782. The van der Waals surface area contributed by atoms with Crippen molar-refractivity contribution in [3.05, 3.63) is 30.3 Å².